The Bertz CT molecular complexity index is 1270. The normalized spacial score (nSPS) is 10.9. The number of aromatic nitrogens is 2. The Hall–Kier alpha value is -3.03. The van der Waals surface area contributed by atoms with Crippen LogP contribution in [-0.2, 0) is 13.2 Å². The molecule has 6 nitrogen and oxygen atoms in total. The van der Waals surface area contributed by atoms with Gasteiger partial charge in [0, 0.05) is 10.7 Å². The number of hydrogen-bond donors (Lipinski definition) is 1. The molecule has 2 heterocycles. The van der Waals surface area contributed by atoms with Gasteiger partial charge in [-0.3, -0.25) is 9.48 Å². The number of nitrogens with one attached hydrogen (secondary N) is 1. The van der Waals surface area contributed by atoms with Gasteiger partial charge >= 0.3 is 0 Å². The quantitative estimate of drug-likeness (QED) is 0.310. The van der Waals surface area contributed by atoms with Crippen LogP contribution in [-0.4, -0.2) is 15.7 Å². The van der Waals surface area contributed by atoms with E-state index in [9.17, 15) is 4.79 Å². The summed E-state index contributed by atoms with van der Waals surface area (Å²) in [6.45, 7) is 4.78. The topological polar surface area (TPSA) is 69.3 Å². The van der Waals surface area contributed by atoms with Gasteiger partial charge in [0.05, 0.1) is 22.4 Å². The van der Waals surface area contributed by atoms with Crippen LogP contribution in [0.1, 0.15) is 33.3 Å². The highest BCUT2D eigenvalue weighted by molar-refractivity contribution is 9.10. The summed E-state index contributed by atoms with van der Waals surface area (Å²) in [5.41, 5.74) is 3.71. The number of carbonyl (C=O) groups is 1. The Labute approximate surface area is 199 Å². The molecule has 0 fully saturated rings. The molecule has 0 bridgehead atoms. The van der Waals surface area contributed by atoms with Crippen molar-refractivity contribution < 1.29 is 13.9 Å². The molecule has 0 saturated carbocycles. The van der Waals surface area contributed by atoms with Crippen LogP contribution in [0.2, 0.25) is 5.02 Å². The fourth-order valence-corrected chi connectivity index (χ4v) is 3.70. The minimum atomic E-state index is -0.329. The fourth-order valence-electron chi connectivity index (χ4n) is 3.23. The van der Waals surface area contributed by atoms with Crippen LogP contribution in [0.15, 0.2) is 69.6 Å². The first-order valence-corrected chi connectivity index (χ1v) is 11.1. The van der Waals surface area contributed by atoms with E-state index in [2.05, 4.69) is 26.3 Å². The summed E-state index contributed by atoms with van der Waals surface area (Å²) in [7, 11) is 0. The van der Waals surface area contributed by atoms with E-state index in [0.29, 0.717) is 28.8 Å². The summed E-state index contributed by atoms with van der Waals surface area (Å²) in [5, 5.41) is 8.01. The molecule has 2 aromatic heterocycles. The fraction of sp³-hybridized carbons (Fsp3) is 0.167. The Balaban J connectivity index is 1.39. The third-order valence-corrected chi connectivity index (χ3v) is 6.26. The minimum Gasteiger partial charge on any atom is -0.486 e. The van der Waals surface area contributed by atoms with Gasteiger partial charge in [-0.05, 0) is 77.8 Å². The maximum atomic E-state index is 12.6. The molecular weight excluding hydrogens is 494 g/mol. The number of furan rings is 1. The van der Waals surface area contributed by atoms with Gasteiger partial charge in [-0.1, -0.05) is 29.8 Å². The van der Waals surface area contributed by atoms with Gasteiger partial charge in [0.1, 0.15) is 18.1 Å². The molecule has 8 heteroatoms. The second-order valence-corrected chi connectivity index (χ2v) is 8.54. The van der Waals surface area contributed by atoms with Crippen LogP contribution in [0.4, 0.5) is 5.69 Å². The molecule has 0 radical (unpaired) electrons. The van der Waals surface area contributed by atoms with Crippen molar-refractivity contribution in [3.8, 4) is 5.75 Å². The van der Waals surface area contributed by atoms with Crippen molar-refractivity contribution in [3.63, 3.8) is 0 Å². The molecule has 2 aromatic carbocycles. The second-order valence-electron chi connectivity index (χ2n) is 7.31. The lowest BCUT2D eigenvalue weighted by Crippen LogP contribution is -2.11. The molecule has 4 rings (SSSR count). The lowest BCUT2D eigenvalue weighted by atomic mass is 10.2. The van der Waals surface area contributed by atoms with Crippen molar-refractivity contribution >= 4 is 39.1 Å². The lowest BCUT2D eigenvalue weighted by molar-refractivity contribution is 0.0992. The maximum Gasteiger partial charge on any atom is 0.291 e. The molecule has 0 aliphatic rings. The summed E-state index contributed by atoms with van der Waals surface area (Å²) >= 11 is 9.51. The zero-order valence-electron chi connectivity index (χ0n) is 17.6. The van der Waals surface area contributed by atoms with Gasteiger partial charge in [0.25, 0.3) is 5.91 Å². The zero-order valence-corrected chi connectivity index (χ0v) is 19.9. The largest absolute Gasteiger partial charge is 0.486 e. The summed E-state index contributed by atoms with van der Waals surface area (Å²) < 4.78 is 14.2. The molecular formula is C24H21BrClN3O3. The predicted molar refractivity (Wildman–Crippen MR) is 127 cm³/mol. The number of aryl methyl sites for hydroxylation is 1. The van der Waals surface area contributed by atoms with Crippen molar-refractivity contribution in [1.82, 2.24) is 9.78 Å². The van der Waals surface area contributed by atoms with Crippen molar-refractivity contribution in [3.05, 3.63) is 98.6 Å². The van der Waals surface area contributed by atoms with Crippen LogP contribution < -0.4 is 10.1 Å². The molecule has 4 aromatic rings. The molecule has 0 unspecified atom stereocenters. The van der Waals surface area contributed by atoms with Crippen LogP contribution in [0.5, 0.6) is 5.75 Å². The Morgan fingerprint density at radius 2 is 1.97 bits per heavy atom. The molecule has 0 spiro atoms. The van der Waals surface area contributed by atoms with E-state index in [-0.39, 0.29) is 18.3 Å². The summed E-state index contributed by atoms with van der Waals surface area (Å²) in [6.07, 6.45) is 0. The molecule has 0 aliphatic carbocycles. The van der Waals surface area contributed by atoms with Gasteiger partial charge in [-0.25, -0.2) is 0 Å². The molecule has 32 heavy (non-hydrogen) atoms. The number of carbonyl (C=O) groups excluding carboxylic acids is 1. The van der Waals surface area contributed by atoms with Crippen LogP contribution in [0.25, 0.3) is 0 Å². The smallest absolute Gasteiger partial charge is 0.291 e. The maximum absolute atomic E-state index is 12.6. The van der Waals surface area contributed by atoms with Crippen LogP contribution >= 0.6 is 27.5 Å². The monoisotopic (exact) mass is 513 g/mol. The Morgan fingerprint density at radius 3 is 2.72 bits per heavy atom. The number of ether oxygens (including phenoxy) is 1. The summed E-state index contributed by atoms with van der Waals surface area (Å²) in [6, 6.07) is 18.1. The van der Waals surface area contributed by atoms with Crippen LogP contribution in [0, 0.1) is 13.8 Å². The number of benzene rings is 2. The summed E-state index contributed by atoms with van der Waals surface area (Å²) in [4.78, 5) is 12.6. The first kappa shape index (κ1) is 22.2. The Morgan fingerprint density at radius 1 is 1.16 bits per heavy atom. The second kappa shape index (κ2) is 9.63. The van der Waals surface area contributed by atoms with Crippen molar-refractivity contribution in [2.45, 2.75) is 27.0 Å². The van der Waals surface area contributed by atoms with Crippen molar-refractivity contribution in [2.24, 2.45) is 0 Å². The van der Waals surface area contributed by atoms with E-state index in [0.717, 1.165) is 21.4 Å². The van der Waals surface area contributed by atoms with Crippen molar-refractivity contribution in [1.29, 1.82) is 0 Å². The highest BCUT2D eigenvalue weighted by Crippen LogP contribution is 2.22. The van der Waals surface area contributed by atoms with E-state index >= 15 is 0 Å². The van der Waals surface area contributed by atoms with E-state index in [1.807, 2.05) is 42.8 Å². The average Bonchev–Trinajstić information content (AvgIpc) is 3.34. The summed E-state index contributed by atoms with van der Waals surface area (Å²) in [5.74, 6) is 1.05. The van der Waals surface area contributed by atoms with Gasteiger partial charge in [0.2, 0.25) is 0 Å². The molecule has 1 N–H and O–H groups in total. The van der Waals surface area contributed by atoms with E-state index < -0.39 is 0 Å². The number of anilines is 1. The van der Waals surface area contributed by atoms with Gasteiger partial charge in [-0.2, -0.15) is 5.10 Å². The average molecular weight is 515 g/mol. The van der Waals surface area contributed by atoms with Crippen LogP contribution in [0.3, 0.4) is 0 Å². The standard InChI is InChI=1S/C24H21BrClN3O3/c1-15-23(25)16(2)29(28-15)13-17-5-3-7-19(11-17)27-24(30)22-10-9-21(32-22)14-31-20-8-4-6-18(26)12-20/h3-12H,13-14H2,1-2H3,(H,27,30). The molecule has 0 atom stereocenters. The lowest BCUT2D eigenvalue weighted by Gasteiger charge is -2.08. The molecule has 164 valence electrons. The predicted octanol–water partition coefficient (Wildman–Crippen LogP) is 6.39. The first-order chi connectivity index (χ1) is 15.4. The number of halogens is 2. The first-order valence-electron chi connectivity index (χ1n) is 9.96. The number of nitrogens with zero attached hydrogens (tertiary/aromatic N) is 2. The Kier molecular flexibility index (Phi) is 6.67. The van der Waals surface area contributed by atoms with Crippen molar-refractivity contribution in [2.75, 3.05) is 5.32 Å². The molecule has 1 amide bonds. The van der Waals surface area contributed by atoms with Gasteiger partial charge < -0.3 is 14.5 Å². The zero-order chi connectivity index (χ0) is 22.7. The number of hydrogen-bond acceptors (Lipinski definition) is 4. The minimum absolute atomic E-state index is 0.196. The highest BCUT2D eigenvalue weighted by Gasteiger charge is 2.13. The SMILES string of the molecule is Cc1nn(Cc2cccc(NC(=O)c3ccc(COc4cccc(Cl)c4)o3)c2)c(C)c1Br. The van der Waals surface area contributed by atoms with E-state index in [4.69, 9.17) is 20.8 Å². The third kappa shape index (κ3) is 5.23. The van der Waals surface area contributed by atoms with Gasteiger partial charge in [0.15, 0.2) is 5.76 Å². The number of rotatable bonds is 7. The molecule has 0 aliphatic heterocycles. The van der Waals surface area contributed by atoms with E-state index in [1.165, 1.54) is 0 Å². The highest BCUT2D eigenvalue weighted by atomic mass is 79.9. The number of amides is 1. The third-order valence-electron chi connectivity index (χ3n) is 4.87. The van der Waals surface area contributed by atoms with Gasteiger partial charge in [-0.15, -0.1) is 0 Å². The van der Waals surface area contributed by atoms with E-state index in [1.54, 1.807) is 36.4 Å². The molecule has 0 saturated heterocycles.